The summed E-state index contributed by atoms with van der Waals surface area (Å²) in [5.41, 5.74) is 3.70. The maximum atomic E-state index is 11.2. The summed E-state index contributed by atoms with van der Waals surface area (Å²) >= 11 is 0. The number of aromatic nitrogens is 1. The number of fused-ring (bicyclic) bond motifs is 2. The van der Waals surface area contributed by atoms with Crippen molar-refractivity contribution in [3.63, 3.8) is 0 Å². The molecule has 1 saturated carbocycles. The first-order chi connectivity index (χ1) is 11.0. The van der Waals surface area contributed by atoms with Crippen molar-refractivity contribution in [1.82, 2.24) is 4.98 Å². The predicted molar refractivity (Wildman–Crippen MR) is 84.1 cm³/mol. The SMILES string of the molecule is FC(F)C1CC1.O=C(O)c1ccc2nc3c(cc2c1)CCCC3. The number of carboxylic acid groups (broad SMARTS) is 1. The maximum Gasteiger partial charge on any atom is 0.335 e. The van der Waals surface area contributed by atoms with Crippen molar-refractivity contribution in [2.75, 3.05) is 0 Å². The predicted octanol–water partition coefficient (Wildman–Crippen LogP) is 4.47. The molecule has 3 nitrogen and oxygen atoms in total. The number of aryl methyl sites for hydroxylation is 2. The molecule has 0 amide bonds. The van der Waals surface area contributed by atoms with Gasteiger partial charge in [0.05, 0.1) is 11.1 Å². The lowest BCUT2D eigenvalue weighted by Gasteiger charge is -2.15. The molecule has 5 heteroatoms. The molecule has 0 spiro atoms. The molecule has 0 bridgehead atoms. The van der Waals surface area contributed by atoms with E-state index in [1.54, 1.807) is 18.2 Å². The number of carboxylic acids is 1. The molecule has 2 aliphatic rings. The number of rotatable bonds is 2. The zero-order chi connectivity index (χ0) is 16.4. The number of nitrogens with zero attached hydrogens (tertiary/aromatic N) is 1. The number of benzene rings is 1. The second-order valence-electron chi connectivity index (χ2n) is 6.19. The van der Waals surface area contributed by atoms with E-state index in [2.05, 4.69) is 11.1 Å². The van der Waals surface area contributed by atoms with Crippen LogP contribution in [0.25, 0.3) is 10.9 Å². The first-order valence-corrected chi connectivity index (χ1v) is 7.98. The maximum absolute atomic E-state index is 11.2. The van der Waals surface area contributed by atoms with E-state index in [4.69, 9.17) is 5.11 Å². The van der Waals surface area contributed by atoms with Crippen molar-refractivity contribution in [3.8, 4) is 0 Å². The fraction of sp³-hybridized carbons (Fsp3) is 0.444. The highest BCUT2D eigenvalue weighted by Gasteiger charge is 2.30. The van der Waals surface area contributed by atoms with Gasteiger partial charge in [-0.15, -0.1) is 0 Å². The van der Waals surface area contributed by atoms with Crippen LogP contribution in [0.3, 0.4) is 0 Å². The Labute approximate surface area is 133 Å². The van der Waals surface area contributed by atoms with Crippen molar-refractivity contribution in [1.29, 1.82) is 0 Å². The molecule has 0 aliphatic heterocycles. The van der Waals surface area contributed by atoms with Crippen molar-refractivity contribution in [3.05, 3.63) is 41.1 Å². The van der Waals surface area contributed by atoms with Gasteiger partial charge in [0.2, 0.25) is 6.43 Å². The van der Waals surface area contributed by atoms with Gasteiger partial charge in [0, 0.05) is 17.0 Å². The molecule has 0 unspecified atom stereocenters. The van der Waals surface area contributed by atoms with E-state index < -0.39 is 12.4 Å². The van der Waals surface area contributed by atoms with Gasteiger partial charge < -0.3 is 5.11 Å². The Bertz CT molecular complexity index is 726. The van der Waals surface area contributed by atoms with Crippen LogP contribution in [-0.4, -0.2) is 22.5 Å². The lowest BCUT2D eigenvalue weighted by Crippen LogP contribution is -2.05. The molecule has 23 heavy (non-hydrogen) atoms. The largest absolute Gasteiger partial charge is 0.478 e. The lowest BCUT2D eigenvalue weighted by molar-refractivity contribution is 0.0697. The summed E-state index contributed by atoms with van der Waals surface area (Å²) in [5.74, 6) is -1.12. The standard InChI is InChI=1S/C14H13NO2.C4H6F2/c16-14(17)10-5-6-13-11(8-10)7-9-3-1-2-4-12(9)15-13;5-4(6)3-1-2-3/h5-8H,1-4H2,(H,16,17);3-4H,1-2H2. The molecule has 4 rings (SSSR count). The number of alkyl halides is 2. The van der Waals surface area contributed by atoms with Crippen molar-refractivity contribution < 1.29 is 18.7 Å². The van der Waals surface area contributed by atoms with Crippen molar-refractivity contribution >= 4 is 16.9 Å². The Morgan fingerprint density at radius 2 is 1.91 bits per heavy atom. The van der Waals surface area contributed by atoms with Gasteiger partial charge in [-0.1, -0.05) is 0 Å². The van der Waals surface area contributed by atoms with Crippen LogP contribution in [0, 0.1) is 5.92 Å². The number of pyridine rings is 1. The van der Waals surface area contributed by atoms with E-state index in [1.165, 1.54) is 24.1 Å². The number of hydrogen-bond acceptors (Lipinski definition) is 2. The number of carbonyl (C=O) groups is 1. The monoisotopic (exact) mass is 319 g/mol. The van der Waals surface area contributed by atoms with Crippen LogP contribution in [0.1, 0.15) is 47.3 Å². The summed E-state index contributed by atoms with van der Waals surface area (Å²) in [7, 11) is 0. The first kappa shape index (κ1) is 15.8. The lowest BCUT2D eigenvalue weighted by atomic mass is 9.94. The highest BCUT2D eigenvalue weighted by Crippen LogP contribution is 2.34. The average Bonchev–Trinajstić information content (AvgIpc) is 3.38. The third-order valence-electron chi connectivity index (χ3n) is 4.32. The van der Waals surface area contributed by atoms with Crippen LogP contribution in [0.2, 0.25) is 0 Å². The molecule has 0 saturated heterocycles. The molecule has 1 N–H and O–H groups in total. The molecule has 122 valence electrons. The summed E-state index contributed by atoms with van der Waals surface area (Å²) in [6, 6.07) is 7.23. The van der Waals surface area contributed by atoms with Gasteiger partial charge in [-0.3, -0.25) is 4.98 Å². The Morgan fingerprint density at radius 3 is 2.52 bits per heavy atom. The highest BCUT2D eigenvalue weighted by atomic mass is 19.3. The van der Waals surface area contributed by atoms with Gasteiger partial charge in [-0.25, -0.2) is 13.6 Å². The number of aromatic carboxylic acids is 1. The molecule has 1 aromatic heterocycles. The highest BCUT2D eigenvalue weighted by molar-refractivity contribution is 5.93. The van der Waals surface area contributed by atoms with Crippen LogP contribution >= 0.6 is 0 Å². The molecular weight excluding hydrogens is 300 g/mol. The number of halogens is 2. The molecule has 1 heterocycles. The van der Waals surface area contributed by atoms with Crippen LogP contribution in [-0.2, 0) is 12.8 Å². The summed E-state index contributed by atoms with van der Waals surface area (Å²) in [6.07, 6.45) is 3.99. The van der Waals surface area contributed by atoms with E-state index in [-0.39, 0.29) is 5.92 Å². The molecular formula is C18H19F2NO2. The summed E-state index contributed by atoms with van der Waals surface area (Å²) < 4.78 is 22.4. The zero-order valence-electron chi connectivity index (χ0n) is 12.8. The normalized spacial score (nSPS) is 16.7. The third kappa shape index (κ3) is 3.84. The Balaban J connectivity index is 0.000000220. The van der Waals surface area contributed by atoms with E-state index in [0.717, 1.165) is 36.6 Å². The van der Waals surface area contributed by atoms with Gasteiger partial charge in [0.15, 0.2) is 0 Å². The van der Waals surface area contributed by atoms with Gasteiger partial charge in [0.1, 0.15) is 0 Å². The zero-order valence-corrected chi connectivity index (χ0v) is 12.8. The summed E-state index contributed by atoms with van der Waals surface area (Å²) in [6.45, 7) is 0. The van der Waals surface area contributed by atoms with Gasteiger partial charge in [-0.2, -0.15) is 0 Å². The summed E-state index contributed by atoms with van der Waals surface area (Å²) in [5, 5.41) is 9.90. The van der Waals surface area contributed by atoms with E-state index in [9.17, 15) is 13.6 Å². The van der Waals surface area contributed by atoms with Gasteiger partial charge in [-0.05, 0) is 68.4 Å². The Hall–Kier alpha value is -2.04. The van der Waals surface area contributed by atoms with Crippen LogP contribution in [0.5, 0.6) is 0 Å². The minimum atomic E-state index is -2.04. The minimum absolute atomic E-state index is 0.231. The Morgan fingerprint density at radius 1 is 1.17 bits per heavy atom. The van der Waals surface area contributed by atoms with Crippen LogP contribution < -0.4 is 0 Å². The molecule has 1 aromatic carbocycles. The smallest absolute Gasteiger partial charge is 0.335 e. The molecule has 2 aromatic rings. The second kappa shape index (κ2) is 6.60. The molecule has 1 fully saturated rings. The topological polar surface area (TPSA) is 50.2 Å². The Kier molecular flexibility index (Phi) is 4.55. The van der Waals surface area contributed by atoms with E-state index >= 15 is 0 Å². The fourth-order valence-electron chi connectivity index (χ4n) is 2.78. The molecule has 0 radical (unpaired) electrons. The quantitative estimate of drug-likeness (QED) is 0.888. The first-order valence-electron chi connectivity index (χ1n) is 7.98. The third-order valence-corrected chi connectivity index (χ3v) is 4.32. The van der Waals surface area contributed by atoms with E-state index in [0.29, 0.717) is 5.56 Å². The number of hydrogen-bond donors (Lipinski definition) is 1. The minimum Gasteiger partial charge on any atom is -0.478 e. The average molecular weight is 319 g/mol. The molecule has 0 atom stereocenters. The van der Waals surface area contributed by atoms with E-state index in [1.807, 2.05) is 0 Å². The summed E-state index contributed by atoms with van der Waals surface area (Å²) in [4.78, 5) is 15.5. The fourth-order valence-corrected chi connectivity index (χ4v) is 2.78. The van der Waals surface area contributed by atoms with Crippen molar-refractivity contribution in [2.24, 2.45) is 5.92 Å². The van der Waals surface area contributed by atoms with Crippen LogP contribution in [0.4, 0.5) is 8.78 Å². The van der Waals surface area contributed by atoms with Gasteiger partial charge in [0.25, 0.3) is 0 Å². The molecule has 2 aliphatic carbocycles. The second-order valence-corrected chi connectivity index (χ2v) is 6.19. The van der Waals surface area contributed by atoms with Gasteiger partial charge >= 0.3 is 5.97 Å². The van der Waals surface area contributed by atoms with Crippen LogP contribution in [0.15, 0.2) is 24.3 Å². The van der Waals surface area contributed by atoms with Crippen molar-refractivity contribution in [2.45, 2.75) is 45.0 Å².